The second kappa shape index (κ2) is 4.00. The molecule has 0 aliphatic carbocycles. The predicted molar refractivity (Wildman–Crippen MR) is 48.3 cm³/mol. The topological polar surface area (TPSA) is 26.0 Å². The molecule has 0 fully saturated rings. The normalized spacial score (nSPS) is 12.1. The lowest BCUT2D eigenvalue weighted by atomic mass is 10.0. The van der Waals surface area contributed by atoms with E-state index in [2.05, 4.69) is 0 Å². The van der Waals surface area contributed by atoms with Crippen molar-refractivity contribution in [2.45, 2.75) is 19.5 Å². The zero-order chi connectivity index (χ0) is 10.8. The first-order valence-electron chi connectivity index (χ1n) is 4.14. The van der Waals surface area contributed by atoms with Gasteiger partial charge in [0, 0.05) is 6.04 Å². The van der Waals surface area contributed by atoms with Crippen LogP contribution in [0, 0.1) is 6.04 Å². The highest BCUT2D eigenvalue weighted by molar-refractivity contribution is 5.31. The molecule has 0 aliphatic heterocycles. The van der Waals surface area contributed by atoms with Gasteiger partial charge < -0.3 is 5.73 Å². The fourth-order valence-electron chi connectivity index (χ4n) is 1.25. The van der Waals surface area contributed by atoms with Gasteiger partial charge in [-0.05, 0) is 25.0 Å². The molecule has 2 N–H and O–H groups in total. The molecule has 0 unspecified atom stereocenters. The number of halogens is 3. The monoisotopic (exact) mass is 202 g/mol. The highest BCUT2D eigenvalue weighted by Gasteiger charge is 2.32. The van der Waals surface area contributed by atoms with Crippen molar-refractivity contribution >= 4 is 0 Å². The average Bonchev–Trinajstić information content (AvgIpc) is 2.01. The Balaban J connectivity index is 3.04. The Morgan fingerprint density at radius 3 is 2.36 bits per heavy atom. The maximum Gasteiger partial charge on any atom is 0.416 e. The Labute approximate surface area is 80.7 Å². The highest BCUT2D eigenvalue weighted by Crippen LogP contribution is 2.32. The minimum Gasteiger partial charge on any atom is -0.323 e. The molecule has 0 atom stereocenters. The van der Waals surface area contributed by atoms with Crippen molar-refractivity contribution in [1.29, 1.82) is 0 Å². The molecule has 0 saturated carbocycles. The van der Waals surface area contributed by atoms with Crippen LogP contribution in [0.5, 0.6) is 0 Å². The molecule has 77 valence electrons. The first-order chi connectivity index (χ1) is 6.41. The fourth-order valence-corrected chi connectivity index (χ4v) is 1.25. The minimum absolute atomic E-state index is 0.162. The zero-order valence-corrected chi connectivity index (χ0v) is 7.73. The van der Waals surface area contributed by atoms with Gasteiger partial charge in [0.05, 0.1) is 5.56 Å². The standard InChI is InChI=1S/C10H11F3N/c1-7(14)6-8-4-2-3-5-9(8)10(11,12)13/h2-5H,6,14H2,1H3. The molecule has 0 amide bonds. The lowest BCUT2D eigenvalue weighted by Gasteiger charge is -2.13. The summed E-state index contributed by atoms with van der Waals surface area (Å²) in [5.74, 6) is 0. The lowest BCUT2D eigenvalue weighted by molar-refractivity contribution is -0.138. The molecule has 0 aliphatic rings. The smallest absolute Gasteiger partial charge is 0.323 e. The van der Waals surface area contributed by atoms with E-state index in [-0.39, 0.29) is 12.0 Å². The van der Waals surface area contributed by atoms with Gasteiger partial charge in [-0.2, -0.15) is 13.2 Å². The summed E-state index contributed by atoms with van der Waals surface area (Å²) in [5, 5.41) is 0. The largest absolute Gasteiger partial charge is 0.416 e. The minimum atomic E-state index is -4.30. The summed E-state index contributed by atoms with van der Waals surface area (Å²) in [7, 11) is 0. The molecular weight excluding hydrogens is 191 g/mol. The SMILES string of the molecule is C[C](N)Cc1ccccc1C(F)(F)F. The molecule has 1 aromatic rings. The molecule has 4 heteroatoms. The summed E-state index contributed by atoms with van der Waals surface area (Å²) >= 11 is 0. The van der Waals surface area contributed by atoms with Gasteiger partial charge in [0.25, 0.3) is 0 Å². The van der Waals surface area contributed by atoms with Crippen LogP contribution >= 0.6 is 0 Å². The van der Waals surface area contributed by atoms with Crippen molar-refractivity contribution in [2.24, 2.45) is 5.73 Å². The first kappa shape index (κ1) is 11.0. The molecule has 0 saturated heterocycles. The molecule has 0 aromatic heterocycles. The Bertz CT molecular complexity index is 304. The Morgan fingerprint density at radius 1 is 1.29 bits per heavy atom. The third-order valence-electron chi connectivity index (χ3n) is 1.79. The van der Waals surface area contributed by atoms with Crippen molar-refractivity contribution in [2.75, 3.05) is 0 Å². The zero-order valence-electron chi connectivity index (χ0n) is 7.73. The van der Waals surface area contributed by atoms with Gasteiger partial charge in [-0.3, -0.25) is 0 Å². The fraction of sp³-hybridized carbons (Fsp3) is 0.300. The predicted octanol–water partition coefficient (Wildman–Crippen LogP) is 2.76. The van der Waals surface area contributed by atoms with Gasteiger partial charge >= 0.3 is 6.18 Å². The molecule has 1 aromatic carbocycles. The van der Waals surface area contributed by atoms with Crippen molar-refractivity contribution in [1.82, 2.24) is 0 Å². The number of hydrogen-bond donors (Lipinski definition) is 1. The molecule has 0 bridgehead atoms. The average molecular weight is 202 g/mol. The van der Waals surface area contributed by atoms with Crippen molar-refractivity contribution in [3.05, 3.63) is 41.4 Å². The molecular formula is C10H11F3N. The molecule has 14 heavy (non-hydrogen) atoms. The van der Waals surface area contributed by atoms with E-state index in [1.54, 1.807) is 13.0 Å². The number of nitrogens with two attached hydrogens (primary N) is 1. The van der Waals surface area contributed by atoms with Crippen LogP contribution in [0.25, 0.3) is 0 Å². The first-order valence-corrected chi connectivity index (χ1v) is 4.14. The van der Waals surface area contributed by atoms with E-state index in [0.29, 0.717) is 6.04 Å². The van der Waals surface area contributed by atoms with E-state index >= 15 is 0 Å². The van der Waals surface area contributed by atoms with E-state index in [4.69, 9.17) is 5.73 Å². The van der Waals surface area contributed by atoms with E-state index in [9.17, 15) is 13.2 Å². The highest BCUT2D eigenvalue weighted by atomic mass is 19.4. The maximum absolute atomic E-state index is 12.4. The van der Waals surface area contributed by atoms with E-state index in [1.807, 2.05) is 0 Å². The van der Waals surface area contributed by atoms with Crippen LogP contribution < -0.4 is 5.73 Å². The molecule has 0 spiro atoms. The maximum atomic E-state index is 12.4. The number of benzene rings is 1. The van der Waals surface area contributed by atoms with Crippen LogP contribution in [0.3, 0.4) is 0 Å². The van der Waals surface area contributed by atoms with Gasteiger partial charge in [0.1, 0.15) is 0 Å². The Hall–Kier alpha value is -1.03. The summed E-state index contributed by atoms with van der Waals surface area (Å²) in [6.45, 7) is 1.60. The third-order valence-corrected chi connectivity index (χ3v) is 1.79. The van der Waals surface area contributed by atoms with Crippen molar-refractivity contribution in [3.8, 4) is 0 Å². The Morgan fingerprint density at radius 2 is 1.86 bits per heavy atom. The van der Waals surface area contributed by atoms with Crippen LogP contribution in [-0.2, 0) is 12.6 Å². The second-order valence-corrected chi connectivity index (χ2v) is 3.18. The van der Waals surface area contributed by atoms with Crippen LogP contribution in [0.4, 0.5) is 13.2 Å². The molecule has 1 nitrogen and oxygen atoms in total. The summed E-state index contributed by atoms with van der Waals surface area (Å²) in [4.78, 5) is 0. The quantitative estimate of drug-likeness (QED) is 0.784. The number of alkyl halides is 3. The van der Waals surface area contributed by atoms with Gasteiger partial charge in [-0.1, -0.05) is 18.2 Å². The second-order valence-electron chi connectivity index (χ2n) is 3.18. The van der Waals surface area contributed by atoms with Gasteiger partial charge in [-0.25, -0.2) is 0 Å². The van der Waals surface area contributed by atoms with Crippen LogP contribution in [0.15, 0.2) is 24.3 Å². The van der Waals surface area contributed by atoms with Gasteiger partial charge in [0.15, 0.2) is 0 Å². The third kappa shape index (κ3) is 2.73. The van der Waals surface area contributed by atoms with Crippen molar-refractivity contribution in [3.63, 3.8) is 0 Å². The molecule has 1 rings (SSSR count). The van der Waals surface area contributed by atoms with Gasteiger partial charge in [-0.15, -0.1) is 0 Å². The summed E-state index contributed by atoms with van der Waals surface area (Å²) < 4.78 is 37.3. The lowest BCUT2D eigenvalue weighted by Crippen LogP contribution is -2.14. The van der Waals surface area contributed by atoms with E-state index < -0.39 is 11.7 Å². The summed E-state index contributed by atoms with van der Waals surface area (Å²) in [5.41, 5.74) is 5.00. The van der Waals surface area contributed by atoms with E-state index in [1.165, 1.54) is 12.1 Å². The number of rotatable bonds is 2. The van der Waals surface area contributed by atoms with E-state index in [0.717, 1.165) is 6.07 Å². The van der Waals surface area contributed by atoms with Crippen LogP contribution in [0.2, 0.25) is 0 Å². The van der Waals surface area contributed by atoms with Gasteiger partial charge in [0.2, 0.25) is 0 Å². The summed E-state index contributed by atoms with van der Waals surface area (Å²) in [6.07, 6.45) is -4.14. The van der Waals surface area contributed by atoms with Crippen molar-refractivity contribution < 1.29 is 13.2 Å². The van der Waals surface area contributed by atoms with Crippen LogP contribution in [-0.4, -0.2) is 0 Å². The molecule has 0 heterocycles. The molecule has 1 radical (unpaired) electrons. The Kier molecular flexibility index (Phi) is 3.16. The number of hydrogen-bond acceptors (Lipinski definition) is 1. The summed E-state index contributed by atoms with van der Waals surface area (Å²) in [6, 6.07) is 5.94. The van der Waals surface area contributed by atoms with Crippen LogP contribution in [0.1, 0.15) is 18.1 Å².